The molecule has 0 aliphatic carbocycles. The fraction of sp³-hybridized carbons (Fsp3) is 0.267. The highest BCUT2D eigenvalue weighted by atomic mass is 79.9. The van der Waals surface area contributed by atoms with Crippen LogP contribution in [0.25, 0.3) is 0 Å². The van der Waals surface area contributed by atoms with Crippen molar-refractivity contribution in [3.8, 4) is 0 Å². The van der Waals surface area contributed by atoms with E-state index in [9.17, 15) is 10.1 Å². The van der Waals surface area contributed by atoms with Gasteiger partial charge in [-0.3, -0.25) is 10.1 Å². The van der Waals surface area contributed by atoms with Gasteiger partial charge in [0.15, 0.2) is 0 Å². The molecule has 1 aliphatic heterocycles. The minimum atomic E-state index is -0.340. The monoisotopic (exact) mass is 347 g/mol. The van der Waals surface area contributed by atoms with Crippen molar-refractivity contribution in [2.75, 3.05) is 11.4 Å². The Morgan fingerprint density at radius 1 is 1.38 bits per heavy atom. The molecule has 0 saturated carbocycles. The van der Waals surface area contributed by atoms with Gasteiger partial charge in [-0.2, -0.15) is 0 Å². The number of nitrogens with zero attached hydrogens (tertiary/aromatic N) is 3. The molecule has 1 aromatic carbocycles. The van der Waals surface area contributed by atoms with E-state index in [0.717, 1.165) is 17.4 Å². The SMILES string of the molecule is Cc1ccnc(N2CCc3cccc(Br)c3C2)c1[N+](=O)[O-]. The van der Waals surface area contributed by atoms with E-state index in [0.29, 0.717) is 17.9 Å². The van der Waals surface area contributed by atoms with E-state index in [4.69, 9.17) is 0 Å². The second kappa shape index (κ2) is 5.44. The Bertz CT molecular complexity index is 718. The number of rotatable bonds is 2. The normalized spacial score (nSPS) is 13.9. The number of fused-ring (bicyclic) bond motifs is 1. The van der Waals surface area contributed by atoms with Crippen LogP contribution in [0.5, 0.6) is 0 Å². The Balaban J connectivity index is 2.03. The third-order valence-electron chi connectivity index (χ3n) is 3.80. The highest BCUT2D eigenvalue weighted by Crippen LogP contribution is 2.34. The molecular weight excluding hydrogens is 334 g/mol. The first-order valence-electron chi connectivity index (χ1n) is 6.69. The number of aromatic nitrogens is 1. The van der Waals surface area contributed by atoms with Gasteiger partial charge in [-0.15, -0.1) is 0 Å². The molecule has 3 rings (SSSR count). The maximum absolute atomic E-state index is 11.3. The fourth-order valence-electron chi connectivity index (χ4n) is 2.71. The molecule has 0 N–H and O–H groups in total. The highest BCUT2D eigenvalue weighted by molar-refractivity contribution is 9.10. The molecule has 21 heavy (non-hydrogen) atoms. The van der Waals surface area contributed by atoms with Gasteiger partial charge in [-0.25, -0.2) is 4.98 Å². The van der Waals surface area contributed by atoms with Crippen LogP contribution in [-0.4, -0.2) is 16.5 Å². The van der Waals surface area contributed by atoms with Crippen molar-refractivity contribution in [2.45, 2.75) is 19.9 Å². The number of hydrogen-bond donors (Lipinski definition) is 0. The van der Waals surface area contributed by atoms with Crippen LogP contribution in [0.4, 0.5) is 11.5 Å². The van der Waals surface area contributed by atoms with Gasteiger partial charge in [-0.1, -0.05) is 28.1 Å². The van der Waals surface area contributed by atoms with Gasteiger partial charge in [0.05, 0.1) is 4.92 Å². The summed E-state index contributed by atoms with van der Waals surface area (Å²) in [6, 6.07) is 7.80. The van der Waals surface area contributed by atoms with Crippen molar-refractivity contribution in [1.29, 1.82) is 0 Å². The quantitative estimate of drug-likeness (QED) is 0.614. The lowest BCUT2D eigenvalue weighted by molar-refractivity contribution is -0.384. The lowest BCUT2D eigenvalue weighted by Crippen LogP contribution is -2.32. The van der Waals surface area contributed by atoms with Gasteiger partial charge in [0, 0.05) is 29.3 Å². The summed E-state index contributed by atoms with van der Waals surface area (Å²) in [6.07, 6.45) is 2.49. The molecule has 2 aromatic rings. The predicted octanol–water partition coefficient (Wildman–Crippen LogP) is 3.62. The molecule has 1 aromatic heterocycles. The molecule has 0 saturated heterocycles. The Morgan fingerprint density at radius 2 is 2.19 bits per heavy atom. The molecule has 0 unspecified atom stereocenters. The molecule has 1 aliphatic rings. The van der Waals surface area contributed by atoms with Gasteiger partial charge in [0.2, 0.25) is 5.82 Å². The van der Waals surface area contributed by atoms with Crippen molar-refractivity contribution < 1.29 is 4.92 Å². The molecule has 108 valence electrons. The highest BCUT2D eigenvalue weighted by Gasteiger charge is 2.27. The van der Waals surface area contributed by atoms with Crippen LogP contribution in [0.3, 0.4) is 0 Å². The molecule has 0 atom stereocenters. The molecule has 0 amide bonds. The summed E-state index contributed by atoms with van der Waals surface area (Å²) in [5, 5.41) is 11.3. The second-order valence-corrected chi connectivity index (χ2v) is 5.96. The standard InChI is InChI=1S/C15H14BrN3O2/c1-10-5-7-17-15(14(10)19(20)21)18-8-6-11-3-2-4-13(16)12(11)9-18/h2-5,7H,6,8-9H2,1H3. The summed E-state index contributed by atoms with van der Waals surface area (Å²) in [7, 11) is 0. The lowest BCUT2D eigenvalue weighted by atomic mass is 9.99. The Kier molecular flexibility index (Phi) is 3.63. The third-order valence-corrected chi connectivity index (χ3v) is 4.55. The number of nitro groups is 1. The van der Waals surface area contributed by atoms with Crippen LogP contribution in [0.2, 0.25) is 0 Å². The van der Waals surface area contributed by atoms with Gasteiger partial charge in [0.1, 0.15) is 0 Å². The van der Waals surface area contributed by atoms with E-state index < -0.39 is 0 Å². The minimum absolute atomic E-state index is 0.105. The third kappa shape index (κ3) is 2.51. The zero-order chi connectivity index (χ0) is 15.0. The number of hydrogen-bond acceptors (Lipinski definition) is 4. The second-order valence-electron chi connectivity index (χ2n) is 5.11. The molecule has 2 heterocycles. The Labute approximate surface area is 130 Å². The average Bonchev–Trinajstić information content (AvgIpc) is 2.46. The Hall–Kier alpha value is -1.95. The van der Waals surface area contributed by atoms with Crippen LogP contribution in [0, 0.1) is 17.0 Å². The van der Waals surface area contributed by atoms with Crippen molar-refractivity contribution in [3.63, 3.8) is 0 Å². The zero-order valence-electron chi connectivity index (χ0n) is 11.5. The summed E-state index contributed by atoms with van der Waals surface area (Å²) < 4.78 is 1.04. The van der Waals surface area contributed by atoms with Crippen molar-refractivity contribution >= 4 is 27.4 Å². The summed E-state index contributed by atoms with van der Waals surface area (Å²) in [6.45, 7) is 3.12. The van der Waals surface area contributed by atoms with Crippen molar-refractivity contribution in [3.05, 3.63) is 61.7 Å². The smallest absolute Gasteiger partial charge is 0.314 e. The summed E-state index contributed by atoms with van der Waals surface area (Å²) >= 11 is 3.56. The van der Waals surface area contributed by atoms with E-state index in [-0.39, 0.29) is 10.6 Å². The maximum atomic E-state index is 11.3. The topological polar surface area (TPSA) is 59.3 Å². The number of halogens is 1. The molecule has 0 spiro atoms. The first-order chi connectivity index (χ1) is 10.1. The summed E-state index contributed by atoms with van der Waals surface area (Å²) in [5.74, 6) is 0.460. The number of anilines is 1. The van der Waals surface area contributed by atoms with Crippen LogP contribution >= 0.6 is 15.9 Å². The van der Waals surface area contributed by atoms with E-state index in [1.165, 1.54) is 11.1 Å². The average molecular weight is 348 g/mol. The molecular formula is C15H14BrN3O2. The first-order valence-corrected chi connectivity index (χ1v) is 7.48. The maximum Gasteiger partial charge on any atom is 0.314 e. The first kappa shape index (κ1) is 14.0. The molecule has 0 fully saturated rings. The summed E-state index contributed by atoms with van der Waals surface area (Å²) in [4.78, 5) is 17.2. The fourth-order valence-corrected chi connectivity index (χ4v) is 3.25. The van der Waals surface area contributed by atoms with Gasteiger partial charge >= 0.3 is 5.69 Å². The van der Waals surface area contributed by atoms with Gasteiger partial charge in [-0.05, 0) is 36.6 Å². The molecule has 0 bridgehead atoms. The van der Waals surface area contributed by atoms with Crippen molar-refractivity contribution in [1.82, 2.24) is 4.98 Å². The van der Waals surface area contributed by atoms with Crippen LogP contribution in [-0.2, 0) is 13.0 Å². The van der Waals surface area contributed by atoms with Gasteiger partial charge in [0.25, 0.3) is 0 Å². The van der Waals surface area contributed by atoms with Crippen LogP contribution in [0.1, 0.15) is 16.7 Å². The minimum Gasteiger partial charge on any atom is -0.346 e. The van der Waals surface area contributed by atoms with Crippen LogP contribution < -0.4 is 4.90 Å². The van der Waals surface area contributed by atoms with E-state index >= 15 is 0 Å². The van der Waals surface area contributed by atoms with E-state index in [1.807, 2.05) is 17.0 Å². The Morgan fingerprint density at radius 3 is 2.95 bits per heavy atom. The number of aryl methyl sites for hydroxylation is 1. The van der Waals surface area contributed by atoms with Crippen molar-refractivity contribution in [2.24, 2.45) is 0 Å². The molecule has 5 nitrogen and oxygen atoms in total. The van der Waals surface area contributed by atoms with Gasteiger partial charge < -0.3 is 4.90 Å². The largest absolute Gasteiger partial charge is 0.346 e. The lowest BCUT2D eigenvalue weighted by Gasteiger charge is -2.30. The van der Waals surface area contributed by atoms with E-state index in [1.54, 1.807) is 19.2 Å². The summed E-state index contributed by atoms with van der Waals surface area (Å²) in [5.41, 5.74) is 3.22. The number of benzene rings is 1. The van der Waals surface area contributed by atoms with E-state index in [2.05, 4.69) is 27.0 Å². The zero-order valence-corrected chi connectivity index (χ0v) is 13.1. The number of pyridine rings is 1. The molecule has 0 radical (unpaired) electrons. The molecule has 6 heteroatoms. The van der Waals surface area contributed by atoms with Crippen LogP contribution in [0.15, 0.2) is 34.9 Å². The predicted molar refractivity (Wildman–Crippen MR) is 84.5 cm³/mol.